The van der Waals surface area contributed by atoms with Gasteiger partial charge in [-0.3, -0.25) is 9.69 Å². The van der Waals surface area contributed by atoms with Gasteiger partial charge in [-0.2, -0.15) is 0 Å². The SMILES string of the molecule is CN(C)[C@H](C(=O)NCCC1CCCCC1)c1ccccc1. The second-order valence-corrected chi connectivity index (χ2v) is 6.36. The Labute approximate surface area is 128 Å². The number of nitrogens with zero attached hydrogens (tertiary/aromatic N) is 1. The standard InChI is InChI=1S/C18H28N2O/c1-20(2)17(16-11-7-4-8-12-16)18(21)19-14-13-15-9-5-3-6-10-15/h4,7-8,11-12,15,17H,3,5-6,9-10,13-14H2,1-2H3,(H,19,21)/t17-/m0/s1. The van der Waals surface area contributed by atoms with Gasteiger partial charge >= 0.3 is 0 Å². The monoisotopic (exact) mass is 288 g/mol. The number of carbonyl (C=O) groups is 1. The van der Waals surface area contributed by atoms with E-state index in [9.17, 15) is 4.79 Å². The summed E-state index contributed by atoms with van der Waals surface area (Å²) in [6.07, 6.45) is 7.92. The van der Waals surface area contributed by atoms with Gasteiger partial charge in [0.25, 0.3) is 0 Å². The number of rotatable bonds is 6. The lowest BCUT2D eigenvalue weighted by molar-refractivity contribution is -0.125. The van der Waals surface area contributed by atoms with Gasteiger partial charge < -0.3 is 5.32 Å². The summed E-state index contributed by atoms with van der Waals surface area (Å²) in [4.78, 5) is 14.5. The molecule has 3 nitrogen and oxygen atoms in total. The molecule has 1 aliphatic rings. The molecule has 1 saturated carbocycles. The van der Waals surface area contributed by atoms with Gasteiger partial charge in [0, 0.05) is 6.54 Å². The van der Waals surface area contributed by atoms with Gasteiger partial charge in [0.1, 0.15) is 6.04 Å². The Morgan fingerprint density at radius 3 is 2.48 bits per heavy atom. The van der Waals surface area contributed by atoms with E-state index in [0.29, 0.717) is 0 Å². The van der Waals surface area contributed by atoms with Crippen molar-refractivity contribution >= 4 is 5.91 Å². The number of nitrogens with one attached hydrogen (secondary N) is 1. The number of amides is 1. The third-order valence-corrected chi connectivity index (χ3v) is 4.46. The van der Waals surface area contributed by atoms with E-state index in [1.807, 2.05) is 49.3 Å². The van der Waals surface area contributed by atoms with Gasteiger partial charge in [-0.25, -0.2) is 0 Å². The van der Waals surface area contributed by atoms with Crippen LogP contribution < -0.4 is 5.32 Å². The van der Waals surface area contributed by atoms with Crippen LogP contribution >= 0.6 is 0 Å². The molecule has 0 bridgehead atoms. The Bertz CT molecular complexity index is 424. The average molecular weight is 288 g/mol. The predicted octanol–water partition coefficient (Wildman–Crippen LogP) is 3.38. The molecular weight excluding hydrogens is 260 g/mol. The van der Waals surface area contributed by atoms with Gasteiger partial charge in [-0.15, -0.1) is 0 Å². The molecule has 2 rings (SSSR count). The van der Waals surface area contributed by atoms with Crippen LogP contribution in [0.4, 0.5) is 0 Å². The minimum atomic E-state index is -0.197. The number of hydrogen-bond donors (Lipinski definition) is 1. The zero-order chi connectivity index (χ0) is 15.1. The quantitative estimate of drug-likeness (QED) is 0.870. The van der Waals surface area contributed by atoms with Crippen molar-refractivity contribution in [3.63, 3.8) is 0 Å². The van der Waals surface area contributed by atoms with E-state index in [4.69, 9.17) is 0 Å². The highest BCUT2D eigenvalue weighted by Gasteiger charge is 2.22. The van der Waals surface area contributed by atoms with Crippen molar-refractivity contribution in [2.75, 3.05) is 20.6 Å². The Hall–Kier alpha value is -1.35. The molecular formula is C18H28N2O. The van der Waals surface area contributed by atoms with Crippen molar-refractivity contribution in [3.05, 3.63) is 35.9 Å². The van der Waals surface area contributed by atoms with Crippen molar-refractivity contribution in [1.29, 1.82) is 0 Å². The smallest absolute Gasteiger partial charge is 0.241 e. The van der Waals surface area contributed by atoms with E-state index >= 15 is 0 Å². The lowest BCUT2D eigenvalue weighted by Gasteiger charge is -2.25. The van der Waals surface area contributed by atoms with Crippen LogP contribution in [0.1, 0.15) is 50.1 Å². The first kappa shape index (κ1) is 16.0. The fraction of sp³-hybridized carbons (Fsp3) is 0.611. The molecule has 0 aromatic heterocycles. The van der Waals surface area contributed by atoms with Crippen LogP contribution in [0.2, 0.25) is 0 Å². The first-order chi connectivity index (χ1) is 10.2. The summed E-state index contributed by atoms with van der Waals surface area (Å²) in [7, 11) is 3.91. The normalized spacial score (nSPS) is 17.7. The zero-order valence-corrected chi connectivity index (χ0v) is 13.3. The molecule has 1 aliphatic carbocycles. The fourth-order valence-electron chi connectivity index (χ4n) is 3.29. The number of likely N-dealkylation sites (N-methyl/N-ethyl adjacent to an activating group) is 1. The second kappa shape index (κ2) is 8.18. The maximum Gasteiger partial charge on any atom is 0.241 e. The first-order valence-corrected chi connectivity index (χ1v) is 8.17. The Morgan fingerprint density at radius 1 is 1.19 bits per heavy atom. The number of benzene rings is 1. The summed E-state index contributed by atoms with van der Waals surface area (Å²) in [5, 5.41) is 3.13. The number of carbonyl (C=O) groups excluding carboxylic acids is 1. The minimum Gasteiger partial charge on any atom is -0.354 e. The summed E-state index contributed by atoms with van der Waals surface area (Å²) in [5.41, 5.74) is 1.05. The number of hydrogen-bond acceptors (Lipinski definition) is 2. The first-order valence-electron chi connectivity index (χ1n) is 8.17. The van der Waals surface area contributed by atoms with Crippen LogP contribution in [0.15, 0.2) is 30.3 Å². The van der Waals surface area contributed by atoms with Crippen LogP contribution in [0.5, 0.6) is 0 Å². The molecule has 0 spiro atoms. The molecule has 1 amide bonds. The maximum atomic E-state index is 12.5. The molecule has 1 N–H and O–H groups in total. The van der Waals surface area contributed by atoms with Crippen molar-refractivity contribution in [2.45, 2.75) is 44.6 Å². The average Bonchev–Trinajstić information content (AvgIpc) is 2.49. The third-order valence-electron chi connectivity index (χ3n) is 4.46. The zero-order valence-electron chi connectivity index (χ0n) is 13.3. The molecule has 3 heteroatoms. The van der Waals surface area contributed by atoms with E-state index in [-0.39, 0.29) is 11.9 Å². The van der Waals surface area contributed by atoms with E-state index in [2.05, 4.69) is 5.32 Å². The van der Waals surface area contributed by atoms with Gasteiger partial charge in [-0.1, -0.05) is 62.4 Å². The third kappa shape index (κ3) is 4.85. The van der Waals surface area contributed by atoms with E-state index in [1.54, 1.807) is 0 Å². The second-order valence-electron chi connectivity index (χ2n) is 6.36. The van der Waals surface area contributed by atoms with E-state index in [1.165, 1.54) is 32.1 Å². The predicted molar refractivity (Wildman–Crippen MR) is 87.1 cm³/mol. The summed E-state index contributed by atoms with van der Waals surface area (Å²) in [6.45, 7) is 0.806. The molecule has 1 fully saturated rings. The van der Waals surface area contributed by atoms with Crippen molar-refractivity contribution in [2.24, 2.45) is 5.92 Å². The van der Waals surface area contributed by atoms with Crippen molar-refractivity contribution in [3.8, 4) is 0 Å². The van der Waals surface area contributed by atoms with Crippen LogP contribution in [-0.2, 0) is 4.79 Å². The summed E-state index contributed by atoms with van der Waals surface area (Å²) in [6, 6.07) is 9.80. The molecule has 0 saturated heterocycles. The van der Waals surface area contributed by atoms with Crippen LogP contribution in [0.25, 0.3) is 0 Å². The summed E-state index contributed by atoms with van der Waals surface area (Å²) >= 11 is 0. The molecule has 0 radical (unpaired) electrons. The van der Waals surface area contributed by atoms with Crippen molar-refractivity contribution < 1.29 is 4.79 Å². The van der Waals surface area contributed by atoms with Crippen molar-refractivity contribution in [1.82, 2.24) is 10.2 Å². The topological polar surface area (TPSA) is 32.3 Å². The molecule has 21 heavy (non-hydrogen) atoms. The highest BCUT2D eigenvalue weighted by molar-refractivity contribution is 5.83. The molecule has 1 aromatic rings. The van der Waals surface area contributed by atoms with Crippen LogP contribution in [0.3, 0.4) is 0 Å². The highest BCUT2D eigenvalue weighted by Crippen LogP contribution is 2.26. The van der Waals surface area contributed by atoms with Gasteiger partial charge in [0.05, 0.1) is 0 Å². The Kier molecular flexibility index (Phi) is 6.24. The maximum absolute atomic E-state index is 12.5. The lowest BCUT2D eigenvalue weighted by atomic mass is 9.87. The highest BCUT2D eigenvalue weighted by atomic mass is 16.2. The minimum absolute atomic E-state index is 0.113. The van der Waals surface area contributed by atoms with E-state index < -0.39 is 0 Å². The lowest BCUT2D eigenvalue weighted by Crippen LogP contribution is -2.37. The van der Waals surface area contributed by atoms with Gasteiger partial charge in [-0.05, 0) is 32.0 Å². The molecule has 0 heterocycles. The molecule has 0 aliphatic heterocycles. The fourth-order valence-corrected chi connectivity index (χ4v) is 3.29. The van der Waals surface area contributed by atoms with Gasteiger partial charge in [0.2, 0.25) is 5.91 Å². The summed E-state index contributed by atoms with van der Waals surface area (Å²) < 4.78 is 0. The van der Waals surface area contributed by atoms with E-state index in [0.717, 1.165) is 24.4 Å². The van der Waals surface area contributed by atoms with Gasteiger partial charge in [0.15, 0.2) is 0 Å². The molecule has 1 aromatic carbocycles. The molecule has 1 atom stereocenters. The largest absolute Gasteiger partial charge is 0.354 e. The van der Waals surface area contributed by atoms with Crippen LogP contribution in [-0.4, -0.2) is 31.4 Å². The Balaban J connectivity index is 1.84. The molecule has 116 valence electrons. The van der Waals surface area contributed by atoms with Crippen LogP contribution in [0, 0.1) is 5.92 Å². The Morgan fingerprint density at radius 2 is 1.86 bits per heavy atom. The molecule has 0 unspecified atom stereocenters. The summed E-state index contributed by atoms with van der Waals surface area (Å²) in [5.74, 6) is 0.926.